The Morgan fingerprint density at radius 2 is 1.95 bits per heavy atom. The number of nitrogen functional groups attached to an aromatic ring is 1. The van der Waals surface area contributed by atoms with Gasteiger partial charge in [0.25, 0.3) is 0 Å². The quantitative estimate of drug-likeness (QED) is 0.856. The molecule has 0 aromatic heterocycles. The third-order valence-corrected chi connectivity index (χ3v) is 4.30. The minimum atomic E-state index is -0.207. The summed E-state index contributed by atoms with van der Waals surface area (Å²) in [5.74, 6) is -0.127. The predicted octanol–water partition coefficient (Wildman–Crippen LogP) is 3.79. The molecule has 0 heterocycles. The highest BCUT2D eigenvalue weighted by Gasteiger charge is 2.20. The highest BCUT2D eigenvalue weighted by Crippen LogP contribution is 2.22. The van der Waals surface area contributed by atoms with E-state index in [2.05, 4.69) is 15.9 Å². The van der Waals surface area contributed by atoms with E-state index in [9.17, 15) is 4.79 Å². The first-order chi connectivity index (χ1) is 9.99. The van der Waals surface area contributed by atoms with Gasteiger partial charge in [0.1, 0.15) is 0 Å². The average Bonchev–Trinajstić information content (AvgIpc) is 2.48. The second kappa shape index (κ2) is 6.76. The fourth-order valence-corrected chi connectivity index (χ4v) is 2.67. The molecule has 0 fully saturated rings. The second-order valence-corrected chi connectivity index (χ2v) is 6.03. The maximum atomic E-state index is 12.5. The Morgan fingerprint density at radius 3 is 2.62 bits per heavy atom. The lowest BCUT2D eigenvalue weighted by Crippen LogP contribution is -2.30. The van der Waals surface area contributed by atoms with Crippen LogP contribution in [0.4, 0.5) is 5.69 Å². The van der Waals surface area contributed by atoms with E-state index < -0.39 is 0 Å². The largest absolute Gasteiger partial charge is 0.399 e. The molecular weight excluding hydrogens is 328 g/mol. The molecule has 1 amide bonds. The van der Waals surface area contributed by atoms with Gasteiger partial charge in [-0.2, -0.15) is 0 Å². The lowest BCUT2D eigenvalue weighted by Gasteiger charge is -2.22. The van der Waals surface area contributed by atoms with Crippen LogP contribution in [-0.4, -0.2) is 17.9 Å². The van der Waals surface area contributed by atoms with Crippen LogP contribution < -0.4 is 5.73 Å². The summed E-state index contributed by atoms with van der Waals surface area (Å²) in [4.78, 5) is 14.3. The molecule has 1 unspecified atom stereocenters. The van der Waals surface area contributed by atoms with Gasteiger partial charge in [-0.3, -0.25) is 4.79 Å². The standard InChI is InChI=1S/C17H19BrN2O/c1-12(13-7-5-8-15(19)10-13)17(21)20(2)11-14-6-3-4-9-16(14)18/h3-10,12H,11,19H2,1-2H3. The molecule has 2 N–H and O–H groups in total. The van der Waals surface area contributed by atoms with Crippen LogP contribution in [-0.2, 0) is 11.3 Å². The normalized spacial score (nSPS) is 12.0. The molecule has 21 heavy (non-hydrogen) atoms. The monoisotopic (exact) mass is 346 g/mol. The summed E-state index contributed by atoms with van der Waals surface area (Å²) in [6.07, 6.45) is 0. The number of carbonyl (C=O) groups excluding carboxylic acids is 1. The van der Waals surface area contributed by atoms with E-state index in [1.54, 1.807) is 4.90 Å². The van der Waals surface area contributed by atoms with E-state index in [0.717, 1.165) is 15.6 Å². The second-order valence-electron chi connectivity index (χ2n) is 5.18. The van der Waals surface area contributed by atoms with Crippen molar-refractivity contribution in [2.75, 3.05) is 12.8 Å². The van der Waals surface area contributed by atoms with Crippen molar-refractivity contribution < 1.29 is 4.79 Å². The fraction of sp³-hybridized carbons (Fsp3) is 0.235. The van der Waals surface area contributed by atoms with Gasteiger partial charge in [0.05, 0.1) is 5.92 Å². The Balaban J connectivity index is 2.10. The van der Waals surface area contributed by atoms with Crippen molar-refractivity contribution in [1.82, 2.24) is 4.90 Å². The zero-order valence-electron chi connectivity index (χ0n) is 12.2. The molecule has 2 aromatic rings. The summed E-state index contributed by atoms with van der Waals surface area (Å²) < 4.78 is 1.02. The predicted molar refractivity (Wildman–Crippen MR) is 89.9 cm³/mol. The molecule has 0 aliphatic rings. The summed E-state index contributed by atoms with van der Waals surface area (Å²) in [7, 11) is 1.82. The minimum absolute atomic E-state index is 0.0800. The van der Waals surface area contributed by atoms with E-state index in [4.69, 9.17) is 5.73 Å². The lowest BCUT2D eigenvalue weighted by molar-refractivity contribution is -0.131. The molecule has 0 bridgehead atoms. The third-order valence-electron chi connectivity index (χ3n) is 3.52. The number of halogens is 1. The van der Waals surface area contributed by atoms with E-state index in [0.29, 0.717) is 12.2 Å². The molecule has 3 nitrogen and oxygen atoms in total. The molecule has 0 aliphatic carbocycles. The number of amides is 1. The summed E-state index contributed by atoms with van der Waals surface area (Å²) >= 11 is 3.51. The SMILES string of the molecule is CC(C(=O)N(C)Cc1ccccc1Br)c1cccc(N)c1. The molecular formula is C17H19BrN2O. The smallest absolute Gasteiger partial charge is 0.229 e. The van der Waals surface area contributed by atoms with Crippen LogP contribution in [0.25, 0.3) is 0 Å². The fourth-order valence-electron chi connectivity index (χ4n) is 2.26. The van der Waals surface area contributed by atoms with Gasteiger partial charge in [0, 0.05) is 23.8 Å². The molecule has 2 rings (SSSR count). The van der Waals surface area contributed by atoms with Crippen molar-refractivity contribution in [1.29, 1.82) is 0 Å². The lowest BCUT2D eigenvalue weighted by atomic mass is 9.99. The number of benzene rings is 2. The van der Waals surface area contributed by atoms with Crippen molar-refractivity contribution in [3.63, 3.8) is 0 Å². The number of nitrogens with two attached hydrogens (primary N) is 1. The summed E-state index contributed by atoms with van der Waals surface area (Å²) in [5, 5.41) is 0. The maximum absolute atomic E-state index is 12.5. The van der Waals surface area contributed by atoms with Gasteiger partial charge in [-0.1, -0.05) is 46.3 Å². The first-order valence-corrected chi connectivity index (χ1v) is 7.62. The van der Waals surface area contributed by atoms with E-state index in [1.165, 1.54) is 0 Å². The van der Waals surface area contributed by atoms with Gasteiger partial charge in [0.2, 0.25) is 5.91 Å². The molecule has 0 radical (unpaired) electrons. The number of hydrogen-bond acceptors (Lipinski definition) is 2. The van der Waals surface area contributed by atoms with E-state index in [1.807, 2.05) is 62.5 Å². The molecule has 1 atom stereocenters. The first-order valence-electron chi connectivity index (χ1n) is 6.83. The molecule has 0 saturated heterocycles. The minimum Gasteiger partial charge on any atom is -0.399 e. The highest BCUT2D eigenvalue weighted by molar-refractivity contribution is 9.10. The number of hydrogen-bond donors (Lipinski definition) is 1. The molecule has 0 saturated carbocycles. The van der Waals surface area contributed by atoms with Gasteiger partial charge >= 0.3 is 0 Å². The van der Waals surface area contributed by atoms with Crippen LogP contribution >= 0.6 is 15.9 Å². The Hall–Kier alpha value is -1.81. The van der Waals surface area contributed by atoms with E-state index >= 15 is 0 Å². The number of likely N-dealkylation sites (N-methyl/N-ethyl adjacent to an activating group) is 1. The van der Waals surface area contributed by atoms with Crippen LogP contribution in [0, 0.1) is 0 Å². The first kappa shape index (κ1) is 15.6. The summed E-state index contributed by atoms with van der Waals surface area (Å²) in [5.41, 5.74) is 8.50. The summed E-state index contributed by atoms with van der Waals surface area (Å²) in [6, 6.07) is 15.4. The van der Waals surface area contributed by atoms with Gasteiger partial charge in [-0.25, -0.2) is 0 Å². The zero-order chi connectivity index (χ0) is 15.4. The van der Waals surface area contributed by atoms with Crippen LogP contribution in [0.2, 0.25) is 0 Å². The highest BCUT2D eigenvalue weighted by atomic mass is 79.9. The Labute approximate surface area is 133 Å². The maximum Gasteiger partial charge on any atom is 0.229 e. The Bertz CT molecular complexity index is 642. The molecule has 2 aromatic carbocycles. The van der Waals surface area contributed by atoms with Crippen LogP contribution in [0.5, 0.6) is 0 Å². The van der Waals surface area contributed by atoms with Gasteiger partial charge in [0.15, 0.2) is 0 Å². The third kappa shape index (κ3) is 3.85. The van der Waals surface area contributed by atoms with E-state index in [-0.39, 0.29) is 11.8 Å². The van der Waals surface area contributed by atoms with Crippen molar-refractivity contribution in [2.24, 2.45) is 0 Å². The molecule has 0 spiro atoms. The molecule has 110 valence electrons. The molecule has 4 heteroatoms. The van der Waals surface area contributed by atoms with Gasteiger partial charge in [-0.05, 0) is 36.2 Å². The number of rotatable bonds is 4. The molecule has 0 aliphatic heterocycles. The van der Waals surface area contributed by atoms with Crippen molar-refractivity contribution in [2.45, 2.75) is 19.4 Å². The van der Waals surface area contributed by atoms with Crippen molar-refractivity contribution >= 4 is 27.5 Å². The van der Waals surface area contributed by atoms with Crippen molar-refractivity contribution in [3.05, 3.63) is 64.1 Å². The number of anilines is 1. The van der Waals surface area contributed by atoms with Crippen LogP contribution in [0.15, 0.2) is 53.0 Å². The number of nitrogens with zero attached hydrogens (tertiary/aromatic N) is 1. The number of carbonyl (C=O) groups is 1. The zero-order valence-corrected chi connectivity index (χ0v) is 13.8. The van der Waals surface area contributed by atoms with Gasteiger partial charge in [-0.15, -0.1) is 0 Å². The topological polar surface area (TPSA) is 46.3 Å². The van der Waals surface area contributed by atoms with Crippen LogP contribution in [0.1, 0.15) is 24.0 Å². The Kier molecular flexibility index (Phi) is 5.02. The average molecular weight is 347 g/mol. The summed E-state index contributed by atoms with van der Waals surface area (Å²) in [6.45, 7) is 2.49. The van der Waals surface area contributed by atoms with Crippen molar-refractivity contribution in [3.8, 4) is 0 Å². The Morgan fingerprint density at radius 1 is 1.24 bits per heavy atom. The van der Waals surface area contributed by atoms with Gasteiger partial charge < -0.3 is 10.6 Å². The van der Waals surface area contributed by atoms with Crippen LogP contribution in [0.3, 0.4) is 0 Å².